The van der Waals surface area contributed by atoms with Crippen molar-refractivity contribution in [1.82, 2.24) is 10.2 Å². The van der Waals surface area contributed by atoms with E-state index in [0.29, 0.717) is 29.2 Å². The Hall–Kier alpha value is -3.32. The zero-order valence-corrected chi connectivity index (χ0v) is 16.7. The molecule has 0 saturated carbocycles. The molecule has 2 aromatic carbocycles. The fourth-order valence-electron chi connectivity index (χ4n) is 2.90. The lowest BCUT2D eigenvalue weighted by Crippen LogP contribution is -2.33. The van der Waals surface area contributed by atoms with Crippen molar-refractivity contribution in [2.45, 2.75) is 13.0 Å². The van der Waals surface area contributed by atoms with Crippen molar-refractivity contribution >= 4 is 18.0 Å². The number of hydrogen-bond donors (Lipinski definition) is 1. The maximum absolute atomic E-state index is 12.8. The Labute approximate surface area is 169 Å². The Morgan fingerprint density at radius 1 is 1.14 bits per heavy atom. The van der Waals surface area contributed by atoms with Gasteiger partial charge in [0.15, 0.2) is 11.5 Å². The molecule has 0 fully saturated rings. The van der Waals surface area contributed by atoms with E-state index in [2.05, 4.69) is 5.32 Å². The Morgan fingerprint density at radius 2 is 1.86 bits per heavy atom. The summed E-state index contributed by atoms with van der Waals surface area (Å²) >= 11 is 0. The molecule has 0 spiro atoms. The molecule has 1 aliphatic rings. The molecule has 1 aliphatic heterocycles. The van der Waals surface area contributed by atoms with Gasteiger partial charge in [-0.05, 0) is 56.9 Å². The summed E-state index contributed by atoms with van der Waals surface area (Å²) < 4.78 is 16.2. The number of likely N-dealkylation sites (N-methyl/N-ethyl adjacent to an activating group) is 1. The van der Waals surface area contributed by atoms with Crippen molar-refractivity contribution in [3.63, 3.8) is 0 Å². The van der Waals surface area contributed by atoms with Crippen LogP contribution in [0, 0.1) is 0 Å². The van der Waals surface area contributed by atoms with E-state index in [0.717, 1.165) is 0 Å². The number of ether oxygens (including phenoxy) is 3. The van der Waals surface area contributed by atoms with Crippen LogP contribution in [0.4, 0.5) is 0 Å². The number of carbonyl (C=O) groups is 2. The molecule has 152 valence electrons. The van der Waals surface area contributed by atoms with Gasteiger partial charge in [-0.15, -0.1) is 0 Å². The quantitative estimate of drug-likeness (QED) is 0.573. The summed E-state index contributed by atoms with van der Waals surface area (Å²) in [7, 11) is 3.79. The van der Waals surface area contributed by atoms with Crippen LogP contribution >= 0.6 is 0 Å². The highest BCUT2D eigenvalue weighted by molar-refractivity contribution is 6.03. The van der Waals surface area contributed by atoms with E-state index >= 15 is 0 Å². The maximum atomic E-state index is 12.8. The van der Waals surface area contributed by atoms with Crippen molar-refractivity contribution in [3.8, 4) is 11.5 Å². The van der Waals surface area contributed by atoms with Gasteiger partial charge in [-0.2, -0.15) is 0 Å². The summed E-state index contributed by atoms with van der Waals surface area (Å²) in [5.74, 6) is 0.220. The third-order valence-corrected chi connectivity index (χ3v) is 4.14. The lowest BCUT2D eigenvalue weighted by molar-refractivity contribution is -0.144. The van der Waals surface area contributed by atoms with Crippen LogP contribution in [-0.2, 0) is 9.53 Å². The van der Waals surface area contributed by atoms with E-state index in [4.69, 9.17) is 14.2 Å². The first kappa shape index (κ1) is 20.4. The molecule has 7 nitrogen and oxygen atoms in total. The fraction of sp³-hybridized carbons (Fsp3) is 0.273. The number of hydrogen-bond acceptors (Lipinski definition) is 6. The molecule has 3 rings (SSSR count). The molecule has 0 unspecified atom stereocenters. The number of amides is 1. The monoisotopic (exact) mass is 396 g/mol. The standard InChI is InChI=1S/C22H24N2O5/c1-15(13-24(2)3)29-22(26)18(23-21(25)17-7-5-4-6-8-17)11-16-9-10-19-20(12-16)28-14-27-19/h4-12,15H,13-14H2,1-3H3,(H,23,25)/b18-11+/t15-/m1/s1. The van der Waals surface area contributed by atoms with Gasteiger partial charge in [0.25, 0.3) is 5.91 Å². The Bertz CT molecular complexity index is 909. The van der Waals surface area contributed by atoms with Crippen molar-refractivity contribution in [3.05, 3.63) is 65.4 Å². The van der Waals surface area contributed by atoms with Crippen LogP contribution in [-0.4, -0.2) is 50.3 Å². The second kappa shape index (κ2) is 9.25. The molecule has 0 aliphatic carbocycles. The summed E-state index contributed by atoms with van der Waals surface area (Å²) in [6, 6.07) is 14.0. The Morgan fingerprint density at radius 3 is 2.59 bits per heavy atom. The minimum Gasteiger partial charge on any atom is -0.457 e. The molecule has 0 bridgehead atoms. The lowest BCUT2D eigenvalue weighted by atomic mass is 10.1. The van der Waals surface area contributed by atoms with Crippen LogP contribution in [0.3, 0.4) is 0 Å². The Kier molecular flexibility index (Phi) is 6.51. The van der Waals surface area contributed by atoms with Crippen LogP contribution in [0.2, 0.25) is 0 Å². The predicted molar refractivity (Wildman–Crippen MR) is 109 cm³/mol. The molecule has 0 radical (unpaired) electrons. The van der Waals surface area contributed by atoms with Crippen LogP contribution in [0.5, 0.6) is 11.5 Å². The predicted octanol–water partition coefficient (Wildman–Crippen LogP) is 2.68. The van der Waals surface area contributed by atoms with Crippen LogP contribution in [0.25, 0.3) is 6.08 Å². The van der Waals surface area contributed by atoms with Gasteiger partial charge < -0.3 is 24.4 Å². The van der Waals surface area contributed by atoms with Crippen molar-refractivity contribution < 1.29 is 23.8 Å². The highest BCUT2D eigenvalue weighted by Gasteiger charge is 2.20. The minimum atomic E-state index is -0.610. The highest BCUT2D eigenvalue weighted by atomic mass is 16.7. The summed E-state index contributed by atoms with van der Waals surface area (Å²) in [4.78, 5) is 27.3. The normalized spacial score (nSPS) is 13.9. The molecule has 0 saturated heterocycles. The van der Waals surface area contributed by atoms with Crippen LogP contribution in [0.1, 0.15) is 22.8 Å². The summed E-state index contributed by atoms with van der Waals surface area (Å²) in [6.07, 6.45) is 1.22. The first-order valence-electron chi connectivity index (χ1n) is 9.26. The third-order valence-electron chi connectivity index (χ3n) is 4.14. The van der Waals surface area contributed by atoms with E-state index in [1.54, 1.807) is 55.5 Å². The molecule has 29 heavy (non-hydrogen) atoms. The molecular weight excluding hydrogens is 372 g/mol. The average molecular weight is 396 g/mol. The number of esters is 1. The summed E-state index contributed by atoms with van der Waals surface area (Å²) in [6.45, 7) is 2.52. The van der Waals surface area contributed by atoms with Gasteiger partial charge in [0.05, 0.1) is 0 Å². The number of fused-ring (bicyclic) bond motifs is 1. The van der Waals surface area contributed by atoms with E-state index in [1.165, 1.54) is 0 Å². The molecule has 7 heteroatoms. The maximum Gasteiger partial charge on any atom is 0.355 e. The molecule has 1 amide bonds. The number of nitrogens with zero attached hydrogens (tertiary/aromatic N) is 1. The summed E-state index contributed by atoms with van der Waals surface area (Å²) in [5, 5.41) is 2.67. The number of carbonyl (C=O) groups excluding carboxylic acids is 2. The third kappa shape index (κ3) is 5.58. The average Bonchev–Trinajstić information content (AvgIpc) is 3.15. The van der Waals surface area contributed by atoms with Gasteiger partial charge in [0.2, 0.25) is 6.79 Å². The second-order valence-corrected chi connectivity index (χ2v) is 6.97. The van der Waals surface area contributed by atoms with E-state index < -0.39 is 11.9 Å². The SMILES string of the molecule is C[C@H](CN(C)C)OC(=O)/C(=C\c1ccc2c(c1)OCO2)NC(=O)c1ccccc1. The molecule has 1 heterocycles. The number of benzene rings is 2. The van der Waals surface area contributed by atoms with Crippen LogP contribution in [0.15, 0.2) is 54.2 Å². The first-order chi connectivity index (χ1) is 13.9. The minimum absolute atomic E-state index is 0.0447. The van der Waals surface area contributed by atoms with E-state index in [9.17, 15) is 9.59 Å². The molecule has 2 aromatic rings. The Balaban J connectivity index is 1.84. The van der Waals surface area contributed by atoms with E-state index in [-0.39, 0.29) is 18.6 Å². The number of nitrogens with one attached hydrogen (secondary N) is 1. The zero-order valence-electron chi connectivity index (χ0n) is 16.7. The number of rotatable bonds is 7. The lowest BCUT2D eigenvalue weighted by Gasteiger charge is -2.19. The smallest absolute Gasteiger partial charge is 0.355 e. The van der Waals surface area contributed by atoms with Gasteiger partial charge in [-0.3, -0.25) is 4.79 Å². The fourth-order valence-corrected chi connectivity index (χ4v) is 2.90. The van der Waals surface area contributed by atoms with Gasteiger partial charge >= 0.3 is 5.97 Å². The summed E-state index contributed by atoms with van der Waals surface area (Å²) in [5.41, 5.74) is 1.16. The van der Waals surface area contributed by atoms with Gasteiger partial charge in [0.1, 0.15) is 11.8 Å². The highest BCUT2D eigenvalue weighted by Crippen LogP contribution is 2.33. The van der Waals surface area contributed by atoms with Crippen molar-refractivity contribution in [1.29, 1.82) is 0 Å². The van der Waals surface area contributed by atoms with Gasteiger partial charge in [-0.25, -0.2) is 4.79 Å². The zero-order chi connectivity index (χ0) is 20.8. The molecule has 1 N–H and O–H groups in total. The molecular formula is C22H24N2O5. The topological polar surface area (TPSA) is 77.1 Å². The van der Waals surface area contributed by atoms with Gasteiger partial charge in [0, 0.05) is 12.1 Å². The first-order valence-corrected chi connectivity index (χ1v) is 9.26. The van der Waals surface area contributed by atoms with Gasteiger partial charge in [-0.1, -0.05) is 24.3 Å². The largest absolute Gasteiger partial charge is 0.457 e. The molecule has 1 atom stereocenters. The van der Waals surface area contributed by atoms with Crippen molar-refractivity contribution in [2.75, 3.05) is 27.4 Å². The van der Waals surface area contributed by atoms with Crippen LogP contribution < -0.4 is 14.8 Å². The second-order valence-electron chi connectivity index (χ2n) is 6.97. The van der Waals surface area contributed by atoms with Crippen molar-refractivity contribution in [2.24, 2.45) is 0 Å². The van der Waals surface area contributed by atoms with E-state index in [1.807, 2.05) is 25.1 Å². The molecule has 0 aromatic heterocycles.